The largest absolute Gasteiger partial charge is 0.358 e. The van der Waals surface area contributed by atoms with E-state index in [1.54, 1.807) is 7.05 Å². The molecule has 0 aromatic rings. The van der Waals surface area contributed by atoms with Crippen molar-refractivity contribution >= 4 is 5.91 Å². The predicted molar refractivity (Wildman–Crippen MR) is 51.3 cm³/mol. The van der Waals surface area contributed by atoms with Crippen molar-refractivity contribution < 1.29 is 4.79 Å². The van der Waals surface area contributed by atoms with Gasteiger partial charge in [-0.25, -0.2) is 0 Å². The Labute approximate surface area is 79.5 Å². The van der Waals surface area contributed by atoms with Gasteiger partial charge in [-0.2, -0.15) is 0 Å². The number of hydrogen-bond donors (Lipinski definition) is 1. The highest BCUT2D eigenvalue weighted by Gasteiger charge is 2.35. The van der Waals surface area contributed by atoms with E-state index in [0.717, 1.165) is 24.9 Å². The number of nitrogens with zero attached hydrogens (tertiary/aromatic N) is 1. The molecule has 1 aliphatic heterocycles. The maximum absolute atomic E-state index is 11.1. The van der Waals surface area contributed by atoms with E-state index in [0.29, 0.717) is 6.54 Å². The number of likely N-dealkylation sites (N-methyl/N-ethyl adjacent to an activating group) is 1. The van der Waals surface area contributed by atoms with E-state index in [1.165, 1.54) is 19.3 Å². The fraction of sp³-hybridized carbons (Fsp3) is 0.900. The van der Waals surface area contributed by atoms with Crippen molar-refractivity contribution in [1.82, 2.24) is 10.2 Å². The summed E-state index contributed by atoms with van der Waals surface area (Å²) in [4.78, 5) is 13.4. The maximum Gasteiger partial charge on any atom is 0.233 e. The highest BCUT2D eigenvalue weighted by molar-refractivity contribution is 5.77. The lowest BCUT2D eigenvalue weighted by Crippen LogP contribution is -2.34. The first-order valence-electron chi connectivity index (χ1n) is 5.22. The molecule has 1 aliphatic carbocycles. The molecule has 0 spiro atoms. The Bertz CT molecular complexity index is 201. The van der Waals surface area contributed by atoms with E-state index < -0.39 is 0 Å². The summed E-state index contributed by atoms with van der Waals surface area (Å²) >= 11 is 0. The molecule has 1 N–H and O–H groups in total. The Kier molecular flexibility index (Phi) is 2.54. The summed E-state index contributed by atoms with van der Waals surface area (Å²) in [5.41, 5.74) is 0. The zero-order valence-electron chi connectivity index (χ0n) is 8.25. The van der Waals surface area contributed by atoms with Crippen LogP contribution < -0.4 is 5.32 Å². The van der Waals surface area contributed by atoms with Crippen molar-refractivity contribution in [3.05, 3.63) is 0 Å². The van der Waals surface area contributed by atoms with Crippen molar-refractivity contribution in [3.8, 4) is 0 Å². The molecule has 0 bridgehead atoms. The van der Waals surface area contributed by atoms with Crippen LogP contribution in [0.4, 0.5) is 0 Å². The molecule has 1 saturated carbocycles. The van der Waals surface area contributed by atoms with Gasteiger partial charge in [0.1, 0.15) is 0 Å². The molecule has 74 valence electrons. The summed E-state index contributed by atoms with van der Waals surface area (Å²) in [7, 11) is 1.71. The van der Waals surface area contributed by atoms with Gasteiger partial charge in [-0.1, -0.05) is 0 Å². The van der Waals surface area contributed by atoms with Crippen LogP contribution in [-0.4, -0.2) is 37.5 Å². The van der Waals surface area contributed by atoms with Gasteiger partial charge >= 0.3 is 0 Å². The van der Waals surface area contributed by atoms with Crippen molar-refractivity contribution in [3.63, 3.8) is 0 Å². The average molecular weight is 182 g/mol. The number of nitrogens with one attached hydrogen (secondary N) is 1. The van der Waals surface area contributed by atoms with Gasteiger partial charge in [0, 0.05) is 13.6 Å². The molecule has 0 aromatic heterocycles. The second-order valence-corrected chi connectivity index (χ2v) is 4.29. The molecule has 3 heteroatoms. The SMILES string of the molecule is CNC(=O)CN1CCC(C2CC2)C1. The third-order valence-electron chi connectivity index (χ3n) is 3.24. The Morgan fingerprint density at radius 1 is 1.38 bits per heavy atom. The number of hydrogen-bond acceptors (Lipinski definition) is 2. The summed E-state index contributed by atoms with van der Waals surface area (Å²) in [6, 6.07) is 0. The molecule has 1 heterocycles. The van der Waals surface area contributed by atoms with Crippen molar-refractivity contribution in [2.24, 2.45) is 11.8 Å². The van der Waals surface area contributed by atoms with Gasteiger partial charge in [-0.15, -0.1) is 0 Å². The Morgan fingerprint density at radius 3 is 2.77 bits per heavy atom. The number of rotatable bonds is 3. The van der Waals surface area contributed by atoms with Gasteiger partial charge in [-0.05, 0) is 37.6 Å². The lowest BCUT2D eigenvalue weighted by atomic mass is 10.0. The van der Waals surface area contributed by atoms with E-state index in [9.17, 15) is 4.79 Å². The van der Waals surface area contributed by atoms with E-state index in [-0.39, 0.29) is 5.91 Å². The van der Waals surface area contributed by atoms with E-state index in [1.807, 2.05) is 0 Å². The second kappa shape index (κ2) is 3.66. The van der Waals surface area contributed by atoms with Gasteiger partial charge in [0.15, 0.2) is 0 Å². The van der Waals surface area contributed by atoms with Crippen molar-refractivity contribution in [1.29, 1.82) is 0 Å². The fourth-order valence-corrected chi connectivity index (χ4v) is 2.24. The summed E-state index contributed by atoms with van der Waals surface area (Å²) < 4.78 is 0. The van der Waals surface area contributed by atoms with Gasteiger partial charge in [0.25, 0.3) is 0 Å². The number of likely N-dealkylation sites (tertiary alicyclic amines) is 1. The quantitative estimate of drug-likeness (QED) is 0.688. The van der Waals surface area contributed by atoms with Gasteiger partial charge < -0.3 is 5.32 Å². The smallest absolute Gasteiger partial charge is 0.233 e. The van der Waals surface area contributed by atoms with E-state index in [4.69, 9.17) is 0 Å². The van der Waals surface area contributed by atoms with E-state index >= 15 is 0 Å². The number of carbonyl (C=O) groups is 1. The molecule has 0 radical (unpaired) electrons. The number of carbonyl (C=O) groups excluding carboxylic acids is 1. The Hall–Kier alpha value is -0.570. The van der Waals surface area contributed by atoms with Gasteiger partial charge in [0.05, 0.1) is 6.54 Å². The molecule has 3 nitrogen and oxygen atoms in total. The first kappa shape index (κ1) is 9.00. The minimum Gasteiger partial charge on any atom is -0.358 e. The molecule has 1 atom stereocenters. The lowest BCUT2D eigenvalue weighted by Gasteiger charge is -2.14. The normalized spacial score (nSPS) is 29.2. The Morgan fingerprint density at radius 2 is 2.15 bits per heavy atom. The molecular formula is C10H18N2O. The van der Waals surface area contributed by atoms with Crippen molar-refractivity contribution in [2.45, 2.75) is 19.3 Å². The van der Waals surface area contributed by atoms with Crippen LogP contribution in [0.1, 0.15) is 19.3 Å². The molecule has 2 fully saturated rings. The Balaban J connectivity index is 1.74. The summed E-state index contributed by atoms with van der Waals surface area (Å²) in [5.74, 6) is 2.04. The summed E-state index contributed by atoms with van der Waals surface area (Å²) in [6.45, 7) is 2.87. The number of amides is 1. The first-order chi connectivity index (χ1) is 6.29. The maximum atomic E-state index is 11.1. The summed E-state index contributed by atoms with van der Waals surface area (Å²) in [5, 5.41) is 2.67. The summed E-state index contributed by atoms with van der Waals surface area (Å²) in [6.07, 6.45) is 4.17. The molecule has 1 amide bonds. The highest BCUT2D eigenvalue weighted by Crippen LogP contribution is 2.41. The molecular weight excluding hydrogens is 164 g/mol. The van der Waals surface area contributed by atoms with Crippen LogP contribution in [-0.2, 0) is 4.79 Å². The minimum atomic E-state index is 0.149. The molecule has 2 rings (SSSR count). The second-order valence-electron chi connectivity index (χ2n) is 4.29. The zero-order chi connectivity index (χ0) is 9.26. The van der Waals surface area contributed by atoms with Crippen molar-refractivity contribution in [2.75, 3.05) is 26.7 Å². The predicted octanol–water partition coefficient (Wildman–Crippen LogP) is 0.464. The minimum absolute atomic E-state index is 0.149. The monoisotopic (exact) mass is 182 g/mol. The standard InChI is InChI=1S/C10H18N2O/c1-11-10(13)7-12-5-4-9(6-12)8-2-3-8/h8-9H,2-7H2,1H3,(H,11,13). The van der Waals surface area contributed by atoms with Crippen LogP contribution in [0.3, 0.4) is 0 Å². The van der Waals surface area contributed by atoms with Crippen LogP contribution in [0.5, 0.6) is 0 Å². The topological polar surface area (TPSA) is 32.3 Å². The van der Waals surface area contributed by atoms with Gasteiger partial charge in [-0.3, -0.25) is 9.69 Å². The molecule has 1 saturated heterocycles. The van der Waals surface area contributed by atoms with Crippen LogP contribution >= 0.6 is 0 Å². The average Bonchev–Trinajstić information content (AvgIpc) is 2.88. The fourth-order valence-electron chi connectivity index (χ4n) is 2.24. The third kappa shape index (κ3) is 2.21. The third-order valence-corrected chi connectivity index (χ3v) is 3.24. The van der Waals surface area contributed by atoms with Crippen LogP contribution in [0.25, 0.3) is 0 Å². The molecule has 0 aromatic carbocycles. The highest BCUT2D eigenvalue weighted by atomic mass is 16.1. The molecule has 1 unspecified atom stereocenters. The van der Waals surface area contributed by atoms with Gasteiger partial charge in [0.2, 0.25) is 5.91 Å². The molecule has 2 aliphatic rings. The lowest BCUT2D eigenvalue weighted by molar-refractivity contribution is -0.121. The zero-order valence-corrected chi connectivity index (χ0v) is 8.25. The van der Waals surface area contributed by atoms with E-state index in [2.05, 4.69) is 10.2 Å². The first-order valence-corrected chi connectivity index (χ1v) is 5.22. The molecule has 13 heavy (non-hydrogen) atoms. The van der Waals surface area contributed by atoms with Crippen LogP contribution in [0, 0.1) is 11.8 Å². The van der Waals surface area contributed by atoms with Crippen LogP contribution in [0.2, 0.25) is 0 Å². The van der Waals surface area contributed by atoms with Crippen LogP contribution in [0.15, 0.2) is 0 Å².